The SMILES string of the molecule is C/C=C/C(F)=C(\F)c1ccc(-c2cc(F)c(CCC3CCC(c4cc(F)c(S(F)(F)(F)(F)F)c(F)c4)CC3)c(F)c2)cc1. The maximum absolute atomic E-state index is 14.9. The van der Waals surface area contributed by atoms with E-state index in [2.05, 4.69) is 0 Å². The Hall–Kier alpha value is -3.28. The summed E-state index contributed by atoms with van der Waals surface area (Å²) in [4.78, 5) is -3.15. The third kappa shape index (κ3) is 7.63. The molecule has 234 valence electrons. The summed E-state index contributed by atoms with van der Waals surface area (Å²) in [6.45, 7) is 1.53. The van der Waals surface area contributed by atoms with Crippen molar-refractivity contribution in [1.29, 1.82) is 0 Å². The van der Waals surface area contributed by atoms with E-state index in [0.29, 0.717) is 49.8 Å². The van der Waals surface area contributed by atoms with Gasteiger partial charge in [-0.2, -0.15) is 0 Å². The largest absolute Gasteiger partial charge is 0.315 e. The number of hydrogen-bond donors (Lipinski definition) is 0. The van der Waals surface area contributed by atoms with Gasteiger partial charge in [-0.05, 0) is 104 Å². The lowest BCUT2D eigenvalue weighted by Gasteiger charge is -2.41. The zero-order chi connectivity index (χ0) is 31.8. The molecule has 1 aliphatic carbocycles. The van der Waals surface area contributed by atoms with Gasteiger partial charge >= 0.3 is 10.2 Å². The first-order valence-corrected chi connectivity index (χ1v) is 15.3. The molecule has 0 bridgehead atoms. The second-order valence-electron chi connectivity index (χ2n) is 10.7. The number of rotatable bonds is 8. The van der Waals surface area contributed by atoms with Gasteiger partial charge in [-0.3, -0.25) is 0 Å². The van der Waals surface area contributed by atoms with E-state index in [9.17, 15) is 45.8 Å². The maximum Gasteiger partial charge on any atom is 0.315 e. The molecule has 0 nitrogen and oxygen atoms in total. The number of allylic oxidation sites excluding steroid dienone is 3. The van der Waals surface area contributed by atoms with E-state index < -0.39 is 56.0 Å². The summed E-state index contributed by atoms with van der Waals surface area (Å²) in [5.41, 5.74) is 0.233. The van der Waals surface area contributed by atoms with Gasteiger partial charge in [-0.1, -0.05) is 49.8 Å². The molecule has 0 amide bonds. The second kappa shape index (κ2) is 11.3. The van der Waals surface area contributed by atoms with Gasteiger partial charge in [0.2, 0.25) is 0 Å². The fraction of sp³-hybridized carbons (Fsp3) is 0.290. The van der Waals surface area contributed by atoms with Crippen LogP contribution in [0.25, 0.3) is 17.0 Å². The van der Waals surface area contributed by atoms with Gasteiger partial charge in [0, 0.05) is 11.1 Å². The summed E-state index contributed by atoms with van der Waals surface area (Å²) in [5, 5.41) is 0. The third-order valence-electron chi connectivity index (χ3n) is 7.66. The van der Waals surface area contributed by atoms with Gasteiger partial charge < -0.3 is 0 Å². The Balaban J connectivity index is 1.39. The van der Waals surface area contributed by atoms with Crippen molar-refractivity contribution >= 4 is 16.1 Å². The molecule has 1 fully saturated rings. The van der Waals surface area contributed by atoms with Crippen molar-refractivity contribution in [3.8, 4) is 11.1 Å². The molecule has 0 atom stereocenters. The van der Waals surface area contributed by atoms with Gasteiger partial charge in [0.15, 0.2) is 16.5 Å². The van der Waals surface area contributed by atoms with E-state index >= 15 is 0 Å². The first kappa shape index (κ1) is 32.6. The fourth-order valence-electron chi connectivity index (χ4n) is 5.49. The van der Waals surface area contributed by atoms with E-state index in [-0.39, 0.29) is 34.6 Å². The van der Waals surface area contributed by atoms with Crippen molar-refractivity contribution < 1.29 is 45.8 Å². The molecule has 43 heavy (non-hydrogen) atoms. The fourth-order valence-corrected chi connectivity index (χ4v) is 6.35. The topological polar surface area (TPSA) is 0 Å². The molecule has 0 spiro atoms. The normalized spacial score (nSPS) is 20.1. The van der Waals surface area contributed by atoms with Crippen molar-refractivity contribution in [2.75, 3.05) is 0 Å². The number of halogens is 11. The van der Waals surface area contributed by atoms with Crippen LogP contribution in [0.2, 0.25) is 0 Å². The minimum absolute atomic E-state index is 0.0353. The van der Waals surface area contributed by atoms with Crippen LogP contribution in [0.1, 0.15) is 61.6 Å². The van der Waals surface area contributed by atoms with Crippen LogP contribution in [0.3, 0.4) is 0 Å². The quantitative estimate of drug-likeness (QED) is 0.170. The molecular formula is C31H27F11S. The predicted octanol–water partition coefficient (Wildman–Crippen LogP) is 12.7. The minimum Gasteiger partial charge on any atom is -0.207 e. The van der Waals surface area contributed by atoms with Crippen molar-refractivity contribution in [2.24, 2.45) is 5.92 Å². The molecule has 0 radical (unpaired) electrons. The van der Waals surface area contributed by atoms with Crippen LogP contribution in [-0.4, -0.2) is 0 Å². The van der Waals surface area contributed by atoms with Crippen molar-refractivity contribution in [3.63, 3.8) is 0 Å². The highest BCUT2D eigenvalue weighted by Crippen LogP contribution is 3.02. The average Bonchev–Trinajstić information content (AvgIpc) is 2.90. The summed E-state index contributed by atoms with van der Waals surface area (Å²) < 4.78 is 151. The van der Waals surface area contributed by atoms with Crippen LogP contribution in [0.4, 0.5) is 45.8 Å². The Labute approximate surface area is 241 Å². The highest BCUT2D eigenvalue weighted by Gasteiger charge is 2.69. The first-order chi connectivity index (χ1) is 19.9. The Morgan fingerprint density at radius 2 is 1.28 bits per heavy atom. The highest BCUT2D eigenvalue weighted by atomic mass is 32.5. The molecule has 12 heteroatoms. The van der Waals surface area contributed by atoms with E-state index in [1.807, 2.05) is 0 Å². The van der Waals surface area contributed by atoms with Gasteiger partial charge in [-0.25, -0.2) is 26.3 Å². The molecule has 0 aromatic heterocycles. The van der Waals surface area contributed by atoms with Crippen molar-refractivity contribution in [1.82, 2.24) is 0 Å². The molecule has 1 saturated carbocycles. The first-order valence-electron chi connectivity index (χ1n) is 13.4. The Bertz CT molecular complexity index is 1520. The van der Waals surface area contributed by atoms with E-state index in [1.54, 1.807) is 0 Å². The lowest BCUT2D eigenvalue weighted by molar-refractivity contribution is 0.306. The molecule has 0 aliphatic heterocycles. The zero-order valence-corrected chi connectivity index (χ0v) is 23.6. The highest BCUT2D eigenvalue weighted by molar-refractivity contribution is 8.45. The smallest absolute Gasteiger partial charge is 0.207 e. The third-order valence-corrected chi connectivity index (χ3v) is 8.82. The van der Waals surface area contributed by atoms with Gasteiger partial charge in [0.25, 0.3) is 0 Å². The van der Waals surface area contributed by atoms with Crippen LogP contribution in [0.15, 0.2) is 71.4 Å². The predicted molar refractivity (Wildman–Crippen MR) is 147 cm³/mol. The Morgan fingerprint density at radius 1 is 0.744 bits per heavy atom. The summed E-state index contributed by atoms with van der Waals surface area (Å²) in [6, 6.07) is 8.27. The van der Waals surface area contributed by atoms with Crippen LogP contribution >= 0.6 is 10.2 Å². The molecule has 0 unspecified atom stereocenters. The molecule has 3 aromatic rings. The van der Waals surface area contributed by atoms with Crippen LogP contribution in [0.5, 0.6) is 0 Å². The monoisotopic (exact) mass is 640 g/mol. The van der Waals surface area contributed by atoms with E-state index in [1.165, 1.54) is 37.3 Å². The summed E-state index contributed by atoms with van der Waals surface area (Å²) in [5.74, 6) is -9.03. The van der Waals surface area contributed by atoms with Crippen molar-refractivity contribution in [3.05, 3.63) is 106 Å². The van der Waals surface area contributed by atoms with Gasteiger partial charge in [-0.15, -0.1) is 0 Å². The lowest BCUT2D eigenvalue weighted by atomic mass is 9.77. The minimum atomic E-state index is -10.6. The van der Waals surface area contributed by atoms with Crippen LogP contribution < -0.4 is 0 Å². The number of benzene rings is 3. The molecule has 0 N–H and O–H groups in total. The Kier molecular flexibility index (Phi) is 8.60. The maximum atomic E-state index is 14.9. The summed E-state index contributed by atoms with van der Waals surface area (Å²) >= 11 is 0. The molecule has 3 aromatic carbocycles. The Morgan fingerprint density at radius 3 is 1.77 bits per heavy atom. The second-order valence-corrected chi connectivity index (χ2v) is 13.0. The van der Waals surface area contributed by atoms with E-state index in [0.717, 1.165) is 18.2 Å². The summed E-state index contributed by atoms with van der Waals surface area (Å²) in [7, 11) is -10.6. The average molecular weight is 641 g/mol. The summed E-state index contributed by atoms with van der Waals surface area (Å²) in [6.07, 6.45) is 4.20. The van der Waals surface area contributed by atoms with Gasteiger partial charge in [0.1, 0.15) is 23.3 Å². The van der Waals surface area contributed by atoms with E-state index in [4.69, 9.17) is 0 Å². The van der Waals surface area contributed by atoms with Crippen molar-refractivity contribution in [2.45, 2.75) is 56.3 Å². The molecular weight excluding hydrogens is 613 g/mol. The molecule has 0 saturated heterocycles. The van der Waals surface area contributed by atoms with Gasteiger partial charge in [0.05, 0.1) is 0 Å². The molecule has 1 aliphatic rings. The molecule has 0 heterocycles. The number of hydrogen-bond acceptors (Lipinski definition) is 0. The van der Waals surface area contributed by atoms with Crippen LogP contribution in [-0.2, 0) is 6.42 Å². The van der Waals surface area contributed by atoms with Crippen LogP contribution in [0, 0.1) is 29.2 Å². The standard InChI is InChI=1S/C31H27F11S/c1-2-3-25(32)30(37)21-11-9-20(10-12-21)22-14-26(33)24(27(34)15-22)13-6-18-4-7-19(8-5-18)23-16-28(35)31(29(36)17-23)43(38,39,40,41)42/h2-3,9-12,14-19H,4-8,13H2,1H3/b3-2+,30-25+. The molecule has 4 rings (SSSR count). The zero-order valence-electron chi connectivity index (χ0n) is 22.7. The lowest BCUT2D eigenvalue weighted by Crippen LogP contribution is -2.16.